The van der Waals surface area contributed by atoms with Crippen molar-refractivity contribution < 1.29 is 34.3 Å². The van der Waals surface area contributed by atoms with Crippen molar-refractivity contribution in [3.05, 3.63) is 75.8 Å². The molecule has 0 aliphatic heterocycles. The van der Waals surface area contributed by atoms with Crippen LogP contribution in [0.1, 0.15) is 18.1 Å². The highest BCUT2D eigenvalue weighted by atomic mass is 16.6. The first kappa shape index (κ1) is 24.3. The number of aliphatic carboxylic acids is 1. The highest BCUT2D eigenvalue weighted by molar-refractivity contribution is 5.89. The average Bonchev–Trinajstić information content (AvgIpc) is 2.76. The number of nitrogens with one attached hydrogen (secondary N) is 2. The van der Waals surface area contributed by atoms with E-state index < -0.39 is 41.1 Å². The summed E-state index contributed by atoms with van der Waals surface area (Å²) in [5.74, 6) is -2.42. The van der Waals surface area contributed by atoms with E-state index in [1.54, 1.807) is 30.3 Å². The number of ether oxygens (including phenoxy) is 1. The molecule has 32 heavy (non-hydrogen) atoms. The molecule has 0 radical (unpaired) electrons. The van der Waals surface area contributed by atoms with Crippen LogP contribution in [0, 0.1) is 10.1 Å². The number of carboxylic acids is 1. The van der Waals surface area contributed by atoms with Gasteiger partial charge in [0, 0.05) is 18.1 Å². The number of amides is 2. The Morgan fingerprint density at radius 2 is 1.69 bits per heavy atom. The third-order valence-electron chi connectivity index (χ3n) is 4.48. The lowest BCUT2D eigenvalue weighted by atomic mass is 10.0. The van der Waals surface area contributed by atoms with Gasteiger partial charge < -0.3 is 25.6 Å². The first-order valence-corrected chi connectivity index (χ1v) is 9.59. The van der Waals surface area contributed by atoms with E-state index in [0.29, 0.717) is 5.56 Å². The van der Waals surface area contributed by atoms with Crippen molar-refractivity contribution in [3.8, 4) is 0 Å². The molecule has 0 aromatic heterocycles. The van der Waals surface area contributed by atoms with Crippen LogP contribution >= 0.6 is 0 Å². The number of nitro benzene ring substituents is 1. The molecule has 2 amide bonds. The van der Waals surface area contributed by atoms with Crippen LogP contribution in [0.2, 0.25) is 0 Å². The van der Waals surface area contributed by atoms with Gasteiger partial charge in [0.1, 0.15) is 18.7 Å². The van der Waals surface area contributed by atoms with Crippen LogP contribution in [0.3, 0.4) is 0 Å². The number of nitro groups is 1. The molecule has 0 saturated carbocycles. The molecule has 0 heterocycles. The van der Waals surface area contributed by atoms with Crippen LogP contribution in [0.25, 0.3) is 0 Å². The maximum absolute atomic E-state index is 12.6. The molecule has 3 atom stereocenters. The first-order valence-electron chi connectivity index (χ1n) is 9.59. The number of aliphatic hydroxyl groups is 1. The zero-order valence-corrected chi connectivity index (χ0v) is 17.1. The summed E-state index contributed by atoms with van der Waals surface area (Å²) < 4.78 is 5.02. The van der Waals surface area contributed by atoms with Crippen LogP contribution < -0.4 is 10.6 Å². The van der Waals surface area contributed by atoms with Crippen molar-refractivity contribution in [1.29, 1.82) is 0 Å². The van der Waals surface area contributed by atoms with E-state index in [-0.39, 0.29) is 24.3 Å². The van der Waals surface area contributed by atoms with E-state index in [9.17, 15) is 34.7 Å². The zero-order valence-electron chi connectivity index (χ0n) is 17.1. The predicted octanol–water partition coefficient (Wildman–Crippen LogP) is 1.38. The Morgan fingerprint density at radius 3 is 2.28 bits per heavy atom. The summed E-state index contributed by atoms with van der Waals surface area (Å²) in [5.41, 5.74) is 0.521. The minimum absolute atomic E-state index is 0.0732. The molecule has 0 aliphatic carbocycles. The maximum atomic E-state index is 12.6. The number of carboxylic acid groups (broad SMARTS) is 1. The van der Waals surface area contributed by atoms with Crippen LogP contribution in [-0.4, -0.2) is 51.3 Å². The molecule has 2 rings (SSSR count). The Labute approximate surface area is 183 Å². The lowest BCUT2D eigenvalue weighted by Gasteiger charge is -2.23. The topological polar surface area (TPSA) is 168 Å². The summed E-state index contributed by atoms with van der Waals surface area (Å²) in [6, 6.07) is 11.3. The second-order valence-electron chi connectivity index (χ2n) is 6.91. The third kappa shape index (κ3) is 7.06. The Hall–Kier alpha value is -3.99. The Bertz CT molecular complexity index is 965. The molecule has 0 bridgehead atoms. The Morgan fingerprint density at radius 1 is 1.06 bits per heavy atom. The van der Waals surface area contributed by atoms with E-state index >= 15 is 0 Å². The molecule has 0 saturated heterocycles. The van der Waals surface area contributed by atoms with Crippen molar-refractivity contribution >= 4 is 23.7 Å². The summed E-state index contributed by atoms with van der Waals surface area (Å²) in [5, 5.41) is 34.9. The van der Waals surface area contributed by atoms with Crippen molar-refractivity contribution in [2.45, 2.75) is 38.1 Å². The van der Waals surface area contributed by atoms with Gasteiger partial charge in [-0.2, -0.15) is 0 Å². The van der Waals surface area contributed by atoms with E-state index in [2.05, 4.69) is 10.6 Å². The minimum Gasteiger partial charge on any atom is -0.480 e. The van der Waals surface area contributed by atoms with Gasteiger partial charge in [-0.1, -0.05) is 48.5 Å². The lowest BCUT2D eigenvalue weighted by Crippen LogP contribution is -2.56. The van der Waals surface area contributed by atoms with Crippen molar-refractivity contribution in [2.24, 2.45) is 0 Å². The molecule has 2 aromatic carbocycles. The number of para-hydroxylation sites is 1. The fourth-order valence-electron chi connectivity index (χ4n) is 2.84. The fraction of sp³-hybridized carbons (Fsp3) is 0.286. The molecule has 170 valence electrons. The Kier molecular flexibility index (Phi) is 8.66. The number of benzene rings is 2. The summed E-state index contributed by atoms with van der Waals surface area (Å²) in [7, 11) is 0. The number of carbonyl (C=O) groups is 3. The molecular weight excluding hydrogens is 422 g/mol. The number of aliphatic hydroxyl groups excluding tert-OH is 1. The lowest BCUT2D eigenvalue weighted by molar-refractivity contribution is -0.385. The highest BCUT2D eigenvalue weighted by Crippen LogP contribution is 2.19. The second kappa shape index (κ2) is 11.4. The number of nitrogens with zero attached hydrogens (tertiary/aromatic N) is 1. The van der Waals surface area contributed by atoms with Gasteiger partial charge in [-0.3, -0.25) is 14.9 Å². The standard InChI is InChI=1S/C21H23N3O8/c1-13(25)18(23-21(29)32-12-14-7-3-2-4-8-14)19(26)22-16(20(27)28)11-15-9-5-6-10-17(15)24(30)31/h2-10,13,16,18,25H,11-12H2,1H3,(H,22,26)(H,23,29)(H,27,28)/t13-,16-,18+/m1/s1. The fourth-order valence-corrected chi connectivity index (χ4v) is 2.84. The molecule has 4 N–H and O–H groups in total. The third-order valence-corrected chi connectivity index (χ3v) is 4.48. The van der Waals surface area contributed by atoms with Gasteiger partial charge in [0.05, 0.1) is 11.0 Å². The van der Waals surface area contributed by atoms with Gasteiger partial charge in [-0.15, -0.1) is 0 Å². The number of alkyl carbamates (subject to hydrolysis) is 1. The Balaban J connectivity index is 2.05. The van der Waals surface area contributed by atoms with Crippen LogP contribution in [0.4, 0.5) is 10.5 Å². The van der Waals surface area contributed by atoms with Gasteiger partial charge in [-0.05, 0) is 12.5 Å². The smallest absolute Gasteiger partial charge is 0.408 e. The van der Waals surface area contributed by atoms with Crippen molar-refractivity contribution in [2.75, 3.05) is 0 Å². The quantitative estimate of drug-likeness (QED) is 0.314. The normalized spacial score (nSPS) is 13.3. The van der Waals surface area contributed by atoms with E-state index in [0.717, 1.165) is 0 Å². The van der Waals surface area contributed by atoms with Gasteiger partial charge in [-0.25, -0.2) is 9.59 Å². The summed E-state index contributed by atoms with van der Waals surface area (Å²) >= 11 is 0. The number of hydrogen-bond acceptors (Lipinski definition) is 7. The molecule has 0 aliphatic rings. The van der Waals surface area contributed by atoms with Gasteiger partial charge in [0.15, 0.2) is 0 Å². The summed E-state index contributed by atoms with van der Waals surface area (Å²) in [4.78, 5) is 46.8. The molecule has 2 aromatic rings. The SMILES string of the molecule is C[C@@H](O)[C@H](NC(=O)OCc1ccccc1)C(=O)N[C@H](Cc1ccccc1[N+](=O)[O-])C(=O)O. The first-order chi connectivity index (χ1) is 15.2. The van der Waals surface area contributed by atoms with Gasteiger partial charge in [0.25, 0.3) is 5.69 Å². The summed E-state index contributed by atoms with van der Waals surface area (Å²) in [6.45, 7) is 1.16. The van der Waals surface area contributed by atoms with Gasteiger partial charge >= 0.3 is 12.1 Å². The molecule has 0 fully saturated rings. The average molecular weight is 445 g/mol. The van der Waals surface area contributed by atoms with Crippen LogP contribution in [0.15, 0.2) is 54.6 Å². The van der Waals surface area contributed by atoms with E-state index in [1.807, 2.05) is 0 Å². The molecule has 11 heteroatoms. The molecule has 0 spiro atoms. The zero-order chi connectivity index (χ0) is 23.7. The number of rotatable bonds is 10. The molecular formula is C21H23N3O8. The van der Waals surface area contributed by atoms with E-state index in [4.69, 9.17) is 4.74 Å². The maximum Gasteiger partial charge on any atom is 0.408 e. The van der Waals surface area contributed by atoms with Crippen LogP contribution in [0.5, 0.6) is 0 Å². The number of hydrogen-bond donors (Lipinski definition) is 4. The van der Waals surface area contributed by atoms with Crippen molar-refractivity contribution in [3.63, 3.8) is 0 Å². The predicted molar refractivity (Wildman–Crippen MR) is 112 cm³/mol. The number of carbonyl (C=O) groups excluding carboxylic acids is 2. The monoisotopic (exact) mass is 445 g/mol. The molecule has 0 unspecified atom stereocenters. The van der Waals surface area contributed by atoms with Crippen molar-refractivity contribution in [1.82, 2.24) is 10.6 Å². The largest absolute Gasteiger partial charge is 0.480 e. The van der Waals surface area contributed by atoms with E-state index in [1.165, 1.54) is 31.2 Å². The summed E-state index contributed by atoms with van der Waals surface area (Å²) in [6.07, 6.45) is -2.73. The minimum atomic E-state index is -1.54. The second-order valence-corrected chi connectivity index (χ2v) is 6.91. The van der Waals surface area contributed by atoms with Crippen LogP contribution in [-0.2, 0) is 27.4 Å². The highest BCUT2D eigenvalue weighted by Gasteiger charge is 2.31. The molecule has 11 nitrogen and oxygen atoms in total. The van der Waals surface area contributed by atoms with Gasteiger partial charge in [0.2, 0.25) is 5.91 Å².